The van der Waals surface area contributed by atoms with Gasteiger partial charge in [0.1, 0.15) is 0 Å². The molecule has 3 aromatic rings. The fourth-order valence-corrected chi connectivity index (χ4v) is 3.02. The number of ketones is 2. The predicted molar refractivity (Wildman–Crippen MR) is 119 cm³/mol. The molecule has 0 atom stereocenters. The molecule has 3 aromatic carbocycles. The molecule has 0 saturated heterocycles. The number of rotatable bonds is 6. The zero-order valence-corrected chi connectivity index (χ0v) is 17.2. The molecular formula is C24H16BrClO2. The molecule has 3 rings (SSSR count). The normalized spacial score (nSPS) is 11.2. The predicted octanol–water partition coefficient (Wildman–Crippen LogP) is 6.89. The van der Waals surface area contributed by atoms with Gasteiger partial charge in [-0.25, -0.2) is 0 Å². The van der Waals surface area contributed by atoms with Crippen molar-refractivity contribution in [3.63, 3.8) is 0 Å². The van der Waals surface area contributed by atoms with Crippen LogP contribution in [0.25, 0.3) is 12.2 Å². The monoisotopic (exact) mass is 450 g/mol. The van der Waals surface area contributed by atoms with E-state index >= 15 is 0 Å². The van der Waals surface area contributed by atoms with Crippen LogP contribution < -0.4 is 0 Å². The Labute approximate surface area is 177 Å². The number of allylic oxidation sites excluding steroid dienone is 2. The van der Waals surface area contributed by atoms with E-state index in [2.05, 4.69) is 15.9 Å². The van der Waals surface area contributed by atoms with Gasteiger partial charge in [0.25, 0.3) is 0 Å². The molecule has 0 unspecified atom stereocenters. The largest absolute Gasteiger partial charge is 0.289 e. The molecule has 0 amide bonds. The Morgan fingerprint density at radius 2 is 1.25 bits per heavy atom. The van der Waals surface area contributed by atoms with E-state index in [1.54, 1.807) is 54.6 Å². The van der Waals surface area contributed by atoms with E-state index in [1.807, 2.05) is 36.4 Å². The highest BCUT2D eigenvalue weighted by Crippen LogP contribution is 2.17. The van der Waals surface area contributed by atoms with E-state index in [0.29, 0.717) is 16.1 Å². The zero-order valence-electron chi connectivity index (χ0n) is 14.8. The van der Waals surface area contributed by atoms with Crippen molar-refractivity contribution in [2.45, 2.75) is 0 Å². The van der Waals surface area contributed by atoms with Crippen molar-refractivity contribution in [1.29, 1.82) is 0 Å². The highest BCUT2D eigenvalue weighted by Gasteiger charge is 2.05. The highest BCUT2D eigenvalue weighted by molar-refractivity contribution is 9.10. The van der Waals surface area contributed by atoms with Crippen LogP contribution in [0.5, 0.6) is 0 Å². The van der Waals surface area contributed by atoms with Gasteiger partial charge in [-0.1, -0.05) is 76.1 Å². The number of benzene rings is 3. The van der Waals surface area contributed by atoms with Crippen LogP contribution in [0.4, 0.5) is 0 Å². The molecule has 0 spiro atoms. The Bertz CT molecular complexity index is 1050. The van der Waals surface area contributed by atoms with Crippen LogP contribution in [0.2, 0.25) is 5.02 Å². The molecule has 0 aromatic heterocycles. The molecule has 4 heteroatoms. The minimum atomic E-state index is -0.144. The average molecular weight is 452 g/mol. The molecule has 138 valence electrons. The molecule has 0 radical (unpaired) electrons. The van der Waals surface area contributed by atoms with Gasteiger partial charge in [0.15, 0.2) is 11.6 Å². The van der Waals surface area contributed by atoms with Gasteiger partial charge in [-0.2, -0.15) is 0 Å². The van der Waals surface area contributed by atoms with Crippen molar-refractivity contribution in [2.75, 3.05) is 0 Å². The highest BCUT2D eigenvalue weighted by atomic mass is 79.9. The van der Waals surface area contributed by atoms with Crippen molar-refractivity contribution in [3.8, 4) is 0 Å². The summed E-state index contributed by atoms with van der Waals surface area (Å²) in [5.74, 6) is -0.198. The standard InChI is InChI=1S/C24H16BrClO2/c25-20-13-11-19(12-14-20)23(27)15-9-17-5-7-18(8-6-17)10-16-24(28)21-3-1-2-4-22(21)26/h1-16H/b15-9+,16-10+. The fraction of sp³-hybridized carbons (Fsp3) is 0. The summed E-state index contributed by atoms with van der Waals surface area (Å²) in [6, 6.07) is 21.8. The van der Waals surface area contributed by atoms with E-state index in [4.69, 9.17) is 11.6 Å². The number of hydrogen-bond acceptors (Lipinski definition) is 2. The lowest BCUT2D eigenvalue weighted by Gasteiger charge is -1.99. The Hall–Kier alpha value is -2.75. The molecule has 0 fully saturated rings. The second-order valence-electron chi connectivity index (χ2n) is 6.05. The molecule has 0 bridgehead atoms. The van der Waals surface area contributed by atoms with Gasteiger partial charge >= 0.3 is 0 Å². The maximum Gasteiger partial charge on any atom is 0.187 e. The van der Waals surface area contributed by atoms with Gasteiger partial charge in [-0.05, 0) is 59.7 Å². The summed E-state index contributed by atoms with van der Waals surface area (Å²) in [5.41, 5.74) is 2.90. The van der Waals surface area contributed by atoms with Gasteiger partial charge in [-0.3, -0.25) is 9.59 Å². The van der Waals surface area contributed by atoms with Crippen LogP contribution in [-0.2, 0) is 0 Å². The lowest BCUT2D eigenvalue weighted by Crippen LogP contribution is -1.94. The van der Waals surface area contributed by atoms with Crippen molar-refractivity contribution < 1.29 is 9.59 Å². The van der Waals surface area contributed by atoms with Gasteiger partial charge < -0.3 is 0 Å². The minimum absolute atomic E-state index is 0.0539. The van der Waals surface area contributed by atoms with E-state index < -0.39 is 0 Å². The second kappa shape index (κ2) is 9.45. The summed E-state index contributed by atoms with van der Waals surface area (Å²) in [6.45, 7) is 0. The second-order valence-corrected chi connectivity index (χ2v) is 7.37. The first-order valence-electron chi connectivity index (χ1n) is 8.58. The van der Waals surface area contributed by atoms with Crippen molar-refractivity contribution >= 4 is 51.2 Å². The van der Waals surface area contributed by atoms with E-state index in [-0.39, 0.29) is 11.6 Å². The minimum Gasteiger partial charge on any atom is -0.289 e. The van der Waals surface area contributed by atoms with Gasteiger partial charge in [0, 0.05) is 15.6 Å². The van der Waals surface area contributed by atoms with Crippen molar-refractivity contribution in [1.82, 2.24) is 0 Å². The number of carbonyl (C=O) groups excluding carboxylic acids is 2. The molecule has 0 N–H and O–H groups in total. The topological polar surface area (TPSA) is 34.1 Å². The molecule has 0 aliphatic carbocycles. The molecule has 28 heavy (non-hydrogen) atoms. The third-order valence-electron chi connectivity index (χ3n) is 4.06. The first-order chi connectivity index (χ1) is 13.5. The Balaban J connectivity index is 1.64. The van der Waals surface area contributed by atoms with E-state index in [9.17, 15) is 9.59 Å². The summed E-state index contributed by atoms with van der Waals surface area (Å²) in [7, 11) is 0. The van der Waals surface area contributed by atoms with Crippen LogP contribution >= 0.6 is 27.5 Å². The van der Waals surface area contributed by atoms with Crippen LogP contribution in [0.3, 0.4) is 0 Å². The molecule has 0 aliphatic heterocycles. The quantitative estimate of drug-likeness (QED) is 0.302. The Morgan fingerprint density at radius 1 is 0.714 bits per heavy atom. The summed E-state index contributed by atoms with van der Waals surface area (Å²) in [5, 5.41) is 0.438. The average Bonchev–Trinajstić information content (AvgIpc) is 2.72. The Morgan fingerprint density at radius 3 is 1.82 bits per heavy atom. The number of halogens is 2. The van der Waals surface area contributed by atoms with Crippen molar-refractivity contribution in [3.05, 3.63) is 117 Å². The SMILES string of the molecule is O=C(/C=C/c1ccc(/C=C/C(=O)c2ccccc2Cl)cc1)c1ccc(Br)cc1. The maximum absolute atomic E-state index is 12.2. The molecule has 0 aliphatic rings. The summed E-state index contributed by atoms with van der Waals surface area (Å²) < 4.78 is 0.935. The van der Waals surface area contributed by atoms with E-state index in [0.717, 1.165) is 15.6 Å². The van der Waals surface area contributed by atoms with Gasteiger partial charge in [-0.15, -0.1) is 0 Å². The van der Waals surface area contributed by atoms with Crippen LogP contribution in [-0.4, -0.2) is 11.6 Å². The van der Waals surface area contributed by atoms with Gasteiger partial charge in [0.05, 0.1) is 5.02 Å². The molecular weight excluding hydrogens is 436 g/mol. The third kappa shape index (κ3) is 5.38. The molecule has 0 saturated carbocycles. The van der Waals surface area contributed by atoms with Crippen LogP contribution in [0, 0.1) is 0 Å². The first kappa shape index (κ1) is 20.0. The summed E-state index contributed by atoms with van der Waals surface area (Å²) in [4.78, 5) is 24.4. The summed E-state index contributed by atoms with van der Waals surface area (Å²) in [6.07, 6.45) is 6.57. The van der Waals surface area contributed by atoms with Crippen molar-refractivity contribution in [2.24, 2.45) is 0 Å². The van der Waals surface area contributed by atoms with Gasteiger partial charge in [0.2, 0.25) is 0 Å². The van der Waals surface area contributed by atoms with Crippen LogP contribution in [0.15, 0.2) is 89.4 Å². The number of carbonyl (C=O) groups is 2. The smallest absolute Gasteiger partial charge is 0.187 e. The molecule has 2 nitrogen and oxygen atoms in total. The lowest BCUT2D eigenvalue weighted by molar-refractivity contribution is 0.104. The first-order valence-corrected chi connectivity index (χ1v) is 9.75. The molecule has 0 heterocycles. The zero-order chi connectivity index (χ0) is 19.9. The maximum atomic E-state index is 12.2. The lowest BCUT2D eigenvalue weighted by atomic mass is 10.1. The summed E-state index contributed by atoms with van der Waals surface area (Å²) >= 11 is 9.39. The third-order valence-corrected chi connectivity index (χ3v) is 4.92. The Kier molecular flexibility index (Phi) is 6.75. The van der Waals surface area contributed by atoms with E-state index in [1.165, 1.54) is 6.08 Å². The number of hydrogen-bond donors (Lipinski definition) is 0. The van der Waals surface area contributed by atoms with Crippen LogP contribution in [0.1, 0.15) is 31.8 Å². The fourth-order valence-electron chi connectivity index (χ4n) is 2.52.